The molecule has 3 heteroatoms. The largest absolute Gasteiger partial charge is 0.337 e. The van der Waals surface area contributed by atoms with Gasteiger partial charge >= 0.3 is 0 Å². The zero-order valence-electron chi connectivity index (χ0n) is 10.6. The molecule has 16 heavy (non-hydrogen) atoms. The molecule has 0 saturated heterocycles. The molecule has 3 atom stereocenters. The van der Waals surface area contributed by atoms with Crippen molar-refractivity contribution in [2.75, 3.05) is 0 Å². The van der Waals surface area contributed by atoms with Crippen molar-refractivity contribution in [2.45, 2.75) is 51.6 Å². The molecule has 1 aromatic rings. The normalized spacial score (nSPS) is 27.9. The summed E-state index contributed by atoms with van der Waals surface area (Å²) < 4.78 is 2.10. The molecule has 0 radical (unpaired) electrons. The molecule has 3 nitrogen and oxygen atoms in total. The SMILES string of the molecule is CC(NC1CCCCC1C)c1nccn1C. The molecule has 1 aliphatic carbocycles. The Labute approximate surface area is 98.3 Å². The lowest BCUT2D eigenvalue weighted by atomic mass is 9.85. The van der Waals surface area contributed by atoms with Crippen LogP contribution in [0.1, 0.15) is 51.4 Å². The van der Waals surface area contributed by atoms with Crippen molar-refractivity contribution in [3.05, 3.63) is 18.2 Å². The number of imidazole rings is 1. The second-order valence-corrected chi connectivity index (χ2v) is 5.15. The number of aromatic nitrogens is 2. The van der Waals surface area contributed by atoms with Gasteiger partial charge in [0.25, 0.3) is 0 Å². The summed E-state index contributed by atoms with van der Waals surface area (Å²) in [4.78, 5) is 4.41. The minimum absolute atomic E-state index is 0.352. The second kappa shape index (κ2) is 5.00. The van der Waals surface area contributed by atoms with Gasteiger partial charge in [-0.15, -0.1) is 0 Å². The molecule has 0 amide bonds. The molecule has 1 saturated carbocycles. The Morgan fingerprint density at radius 1 is 1.44 bits per heavy atom. The molecule has 1 heterocycles. The number of rotatable bonds is 3. The minimum Gasteiger partial charge on any atom is -0.337 e. The van der Waals surface area contributed by atoms with E-state index in [0.717, 1.165) is 11.7 Å². The standard InChI is InChI=1S/C13H23N3/c1-10-6-4-5-7-12(10)15-11(2)13-14-8-9-16(13)3/h8-12,15H,4-7H2,1-3H3. The zero-order chi connectivity index (χ0) is 11.5. The summed E-state index contributed by atoms with van der Waals surface area (Å²) in [6.07, 6.45) is 9.34. The van der Waals surface area contributed by atoms with Crippen LogP contribution in [0.3, 0.4) is 0 Å². The van der Waals surface area contributed by atoms with Crippen LogP contribution in [0.15, 0.2) is 12.4 Å². The molecule has 0 aromatic carbocycles. The first-order valence-corrected chi connectivity index (χ1v) is 6.41. The molecular weight excluding hydrogens is 198 g/mol. The van der Waals surface area contributed by atoms with Gasteiger partial charge in [0.1, 0.15) is 5.82 Å². The van der Waals surface area contributed by atoms with Crippen molar-refractivity contribution < 1.29 is 0 Å². The molecule has 1 aliphatic rings. The van der Waals surface area contributed by atoms with E-state index in [9.17, 15) is 0 Å². The summed E-state index contributed by atoms with van der Waals surface area (Å²) >= 11 is 0. The van der Waals surface area contributed by atoms with Crippen molar-refractivity contribution in [3.8, 4) is 0 Å². The Hall–Kier alpha value is -0.830. The number of nitrogens with one attached hydrogen (secondary N) is 1. The lowest BCUT2D eigenvalue weighted by molar-refractivity contribution is 0.259. The highest BCUT2D eigenvalue weighted by Crippen LogP contribution is 2.25. The van der Waals surface area contributed by atoms with Crippen molar-refractivity contribution in [1.82, 2.24) is 14.9 Å². The lowest BCUT2D eigenvalue weighted by Crippen LogP contribution is -2.39. The van der Waals surface area contributed by atoms with Crippen LogP contribution in [0.5, 0.6) is 0 Å². The average Bonchev–Trinajstić information content (AvgIpc) is 2.68. The minimum atomic E-state index is 0.352. The van der Waals surface area contributed by atoms with Gasteiger partial charge in [0.15, 0.2) is 0 Å². The summed E-state index contributed by atoms with van der Waals surface area (Å²) in [6, 6.07) is 1.02. The molecule has 1 aromatic heterocycles. The summed E-state index contributed by atoms with van der Waals surface area (Å²) in [5.74, 6) is 1.94. The molecule has 2 rings (SSSR count). The summed E-state index contributed by atoms with van der Waals surface area (Å²) in [6.45, 7) is 4.58. The molecule has 0 bridgehead atoms. The molecule has 90 valence electrons. The zero-order valence-corrected chi connectivity index (χ0v) is 10.6. The van der Waals surface area contributed by atoms with Crippen LogP contribution in [-0.4, -0.2) is 15.6 Å². The van der Waals surface area contributed by atoms with E-state index in [2.05, 4.69) is 35.8 Å². The summed E-state index contributed by atoms with van der Waals surface area (Å²) in [7, 11) is 2.06. The highest BCUT2D eigenvalue weighted by molar-refractivity contribution is 4.98. The first-order chi connectivity index (χ1) is 7.68. The van der Waals surface area contributed by atoms with Gasteiger partial charge < -0.3 is 9.88 Å². The predicted octanol–water partition coefficient (Wildman–Crippen LogP) is 2.65. The number of nitrogens with zero attached hydrogens (tertiary/aromatic N) is 2. The number of aryl methyl sites for hydroxylation is 1. The van der Waals surface area contributed by atoms with E-state index in [4.69, 9.17) is 0 Å². The van der Waals surface area contributed by atoms with Crippen molar-refractivity contribution in [3.63, 3.8) is 0 Å². The van der Waals surface area contributed by atoms with Gasteiger partial charge in [-0.2, -0.15) is 0 Å². The highest BCUT2D eigenvalue weighted by Gasteiger charge is 2.23. The van der Waals surface area contributed by atoms with Gasteiger partial charge in [-0.25, -0.2) is 4.98 Å². The highest BCUT2D eigenvalue weighted by atomic mass is 15.1. The van der Waals surface area contributed by atoms with Crippen LogP contribution in [0, 0.1) is 5.92 Å². The van der Waals surface area contributed by atoms with Crippen LogP contribution in [-0.2, 0) is 7.05 Å². The predicted molar refractivity (Wildman–Crippen MR) is 66.2 cm³/mol. The van der Waals surface area contributed by atoms with E-state index in [1.807, 2.05) is 12.4 Å². The molecule has 0 aliphatic heterocycles. The molecule has 1 N–H and O–H groups in total. The Morgan fingerprint density at radius 2 is 2.19 bits per heavy atom. The third-order valence-electron chi connectivity index (χ3n) is 3.82. The maximum atomic E-state index is 4.41. The Balaban J connectivity index is 1.96. The van der Waals surface area contributed by atoms with E-state index in [1.54, 1.807) is 0 Å². The molecule has 3 unspecified atom stereocenters. The van der Waals surface area contributed by atoms with Crippen LogP contribution in [0.4, 0.5) is 0 Å². The maximum Gasteiger partial charge on any atom is 0.125 e. The average molecular weight is 221 g/mol. The van der Waals surface area contributed by atoms with Crippen LogP contribution in [0.25, 0.3) is 0 Å². The fraction of sp³-hybridized carbons (Fsp3) is 0.769. The first-order valence-electron chi connectivity index (χ1n) is 6.41. The number of hydrogen-bond acceptors (Lipinski definition) is 2. The Bertz CT molecular complexity index is 332. The van der Waals surface area contributed by atoms with E-state index >= 15 is 0 Å². The molecule has 0 spiro atoms. The van der Waals surface area contributed by atoms with E-state index in [1.165, 1.54) is 25.7 Å². The summed E-state index contributed by atoms with van der Waals surface area (Å²) in [5.41, 5.74) is 0. The fourth-order valence-electron chi connectivity index (χ4n) is 2.75. The van der Waals surface area contributed by atoms with Crippen molar-refractivity contribution in [2.24, 2.45) is 13.0 Å². The third kappa shape index (κ3) is 2.46. The smallest absolute Gasteiger partial charge is 0.125 e. The van der Waals surface area contributed by atoms with Crippen molar-refractivity contribution >= 4 is 0 Å². The Kier molecular flexibility index (Phi) is 3.64. The van der Waals surface area contributed by atoms with Crippen LogP contribution >= 0.6 is 0 Å². The molecule has 1 fully saturated rings. The van der Waals surface area contributed by atoms with Gasteiger partial charge in [0.2, 0.25) is 0 Å². The van der Waals surface area contributed by atoms with Gasteiger partial charge in [-0.3, -0.25) is 0 Å². The van der Waals surface area contributed by atoms with Gasteiger partial charge in [0.05, 0.1) is 6.04 Å². The van der Waals surface area contributed by atoms with Gasteiger partial charge in [-0.05, 0) is 25.7 Å². The fourth-order valence-corrected chi connectivity index (χ4v) is 2.75. The molecular formula is C13H23N3. The van der Waals surface area contributed by atoms with E-state index in [0.29, 0.717) is 12.1 Å². The van der Waals surface area contributed by atoms with Crippen LogP contribution in [0.2, 0.25) is 0 Å². The quantitative estimate of drug-likeness (QED) is 0.850. The Morgan fingerprint density at radius 3 is 2.81 bits per heavy atom. The lowest BCUT2D eigenvalue weighted by Gasteiger charge is -2.32. The second-order valence-electron chi connectivity index (χ2n) is 5.15. The first kappa shape index (κ1) is 11.6. The maximum absolute atomic E-state index is 4.41. The number of hydrogen-bond donors (Lipinski definition) is 1. The van der Waals surface area contributed by atoms with Gasteiger partial charge in [0, 0.05) is 25.5 Å². The third-order valence-corrected chi connectivity index (χ3v) is 3.82. The van der Waals surface area contributed by atoms with E-state index in [-0.39, 0.29) is 0 Å². The van der Waals surface area contributed by atoms with Crippen LogP contribution < -0.4 is 5.32 Å². The topological polar surface area (TPSA) is 29.9 Å². The van der Waals surface area contributed by atoms with Gasteiger partial charge in [-0.1, -0.05) is 19.8 Å². The van der Waals surface area contributed by atoms with E-state index < -0.39 is 0 Å². The monoisotopic (exact) mass is 221 g/mol. The van der Waals surface area contributed by atoms with Crippen molar-refractivity contribution in [1.29, 1.82) is 0 Å². The summed E-state index contributed by atoms with van der Waals surface area (Å²) in [5, 5.41) is 3.73.